The average Bonchev–Trinajstić information content (AvgIpc) is 2.65. The second-order valence-corrected chi connectivity index (χ2v) is 8.00. The zero-order valence-electron chi connectivity index (χ0n) is 17.2. The van der Waals surface area contributed by atoms with Crippen LogP contribution in [0, 0.1) is 0 Å². The summed E-state index contributed by atoms with van der Waals surface area (Å²) in [5.74, 6) is 0. The van der Waals surface area contributed by atoms with Crippen LogP contribution in [0.25, 0.3) is 0 Å². The first-order valence-corrected chi connectivity index (χ1v) is 10.6. The quantitative estimate of drug-likeness (QED) is 0.145. The number of likely N-dealkylation sites (N-methyl/N-ethyl adjacent to an activating group) is 2. The predicted molar refractivity (Wildman–Crippen MR) is 100 cm³/mol. The summed E-state index contributed by atoms with van der Waals surface area (Å²) in [4.78, 5) is 0. The van der Waals surface area contributed by atoms with Crippen LogP contribution >= 0.6 is 0 Å². The highest BCUT2D eigenvalue weighted by molar-refractivity contribution is 4.54. The van der Waals surface area contributed by atoms with Gasteiger partial charge < -0.3 is 66.4 Å². The van der Waals surface area contributed by atoms with E-state index in [0.717, 1.165) is 26.4 Å². The van der Waals surface area contributed by atoms with Gasteiger partial charge in [-0.05, 0) is 52.4 Å². The molecule has 2 heterocycles. The molecule has 0 spiro atoms. The summed E-state index contributed by atoms with van der Waals surface area (Å²) in [6.45, 7) is 18.3. The van der Waals surface area contributed by atoms with Crippen molar-refractivity contribution >= 4 is 0 Å². The van der Waals surface area contributed by atoms with Crippen molar-refractivity contribution in [2.45, 2.75) is 52.4 Å². The van der Waals surface area contributed by atoms with Gasteiger partial charge in [-0.15, -0.1) is 0 Å². The van der Waals surface area contributed by atoms with Crippen LogP contribution in [0.5, 0.6) is 0 Å². The molecule has 0 saturated carbocycles. The van der Waals surface area contributed by atoms with Crippen LogP contribution in [-0.4, -0.2) is 87.8 Å². The molecule has 0 bridgehead atoms. The Hall–Kier alpha value is 1.30. The number of piperidine rings is 2. The SMILES string of the molecule is CC[N+]1(CCOCCOCC[N+]2(CC)CCCCC2)CCCCC1.[I-].[I-]. The molecule has 2 aliphatic rings. The summed E-state index contributed by atoms with van der Waals surface area (Å²) in [5, 5.41) is 0. The Bertz CT molecular complexity index is 302. The highest BCUT2D eigenvalue weighted by Crippen LogP contribution is 2.19. The first kappa shape index (κ1) is 27.3. The summed E-state index contributed by atoms with van der Waals surface area (Å²) < 4.78 is 14.3. The fraction of sp³-hybridized carbons (Fsp3) is 1.00. The molecule has 0 aromatic carbocycles. The Morgan fingerprint density at radius 1 is 0.538 bits per heavy atom. The lowest BCUT2D eigenvalue weighted by Gasteiger charge is -2.41. The molecule has 0 unspecified atom stereocenters. The summed E-state index contributed by atoms with van der Waals surface area (Å²) in [7, 11) is 0. The Kier molecular flexibility index (Phi) is 15.9. The van der Waals surface area contributed by atoms with Crippen molar-refractivity contribution in [3.05, 3.63) is 0 Å². The molecule has 0 N–H and O–H groups in total. The fourth-order valence-electron chi connectivity index (χ4n) is 4.60. The second kappa shape index (κ2) is 15.2. The van der Waals surface area contributed by atoms with E-state index >= 15 is 0 Å². The van der Waals surface area contributed by atoms with E-state index in [1.807, 2.05) is 0 Å². The first-order valence-electron chi connectivity index (χ1n) is 10.6. The molecule has 0 atom stereocenters. The standard InChI is InChI=1S/C20H42N2O2.2HI/c1-3-21(11-7-5-8-12-21)15-17-23-19-20-24-18-16-22(4-2)13-9-6-10-14-22;;/h3-20H2,1-2H3;2*1H/q+2;;/p-2. The first-order chi connectivity index (χ1) is 11.7. The van der Waals surface area contributed by atoms with E-state index in [1.54, 1.807) is 0 Å². The molecule has 158 valence electrons. The molecule has 0 aromatic heterocycles. The summed E-state index contributed by atoms with van der Waals surface area (Å²) in [5.41, 5.74) is 0. The maximum atomic E-state index is 5.86. The highest BCUT2D eigenvalue weighted by Gasteiger charge is 2.28. The number of quaternary nitrogens is 2. The van der Waals surface area contributed by atoms with Gasteiger partial charge in [-0.25, -0.2) is 0 Å². The Balaban J connectivity index is 0.00000312. The van der Waals surface area contributed by atoms with Crippen molar-refractivity contribution in [3.63, 3.8) is 0 Å². The van der Waals surface area contributed by atoms with Crippen molar-refractivity contribution in [2.75, 3.05) is 78.8 Å². The van der Waals surface area contributed by atoms with E-state index < -0.39 is 0 Å². The molecule has 0 aliphatic carbocycles. The van der Waals surface area contributed by atoms with Crippen molar-refractivity contribution < 1.29 is 66.4 Å². The monoisotopic (exact) mass is 596 g/mol. The number of likely N-dealkylation sites (tertiary alicyclic amines) is 2. The third-order valence-corrected chi connectivity index (χ3v) is 6.66. The smallest absolute Gasteiger partial charge is 0.102 e. The molecule has 6 heteroatoms. The number of ether oxygens (including phenoxy) is 2. The zero-order chi connectivity index (χ0) is 17.1. The molecular formula is C20H42I2N2O2. The Labute approximate surface area is 196 Å². The van der Waals surface area contributed by atoms with Crippen LogP contribution in [0.2, 0.25) is 0 Å². The average molecular weight is 596 g/mol. The summed E-state index contributed by atoms with van der Waals surface area (Å²) >= 11 is 0. The van der Waals surface area contributed by atoms with E-state index in [2.05, 4.69) is 13.8 Å². The molecule has 0 radical (unpaired) electrons. The fourth-order valence-corrected chi connectivity index (χ4v) is 4.60. The molecule has 2 fully saturated rings. The molecule has 0 aromatic rings. The molecular weight excluding hydrogens is 554 g/mol. The maximum Gasteiger partial charge on any atom is 0.102 e. The van der Waals surface area contributed by atoms with Crippen molar-refractivity contribution in [3.8, 4) is 0 Å². The number of nitrogens with zero attached hydrogens (tertiary/aromatic N) is 2. The zero-order valence-corrected chi connectivity index (χ0v) is 21.5. The van der Waals surface area contributed by atoms with E-state index in [4.69, 9.17) is 9.47 Å². The van der Waals surface area contributed by atoms with Gasteiger partial charge in [0.05, 0.1) is 65.7 Å². The number of hydrogen-bond acceptors (Lipinski definition) is 2. The van der Waals surface area contributed by atoms with Gasteiger partial charge in [0, 0.05) is 0 Å². The minimum Gasteiger partial charge on any atom is -1.00 e. The van der Waals surface area contributed by atoms with E-state index in [-0.39, 0.29) is 48.0 Å². The normalized spacial score (nSPS) is 21.5. The van der Waals surface area contributed by atoms with Gasteiger partial charge in [0.25, 0.3) is 0 Å². The van der Waals surface area contributed by atoms with Crippen molar-refractivity contribution in [2.24, 2.45) is 0 Å². The van der Waals surface area contributed by atoms with E-state index in [9.17, 15) is 0 Å². The Morgan fingerprint density at radius 3 is 1.19 bits per heavy atom. The topological polar surface area (TPSA) is 18.5 Å². The molecule has 2 saturated heterocycles. The minimum absolute atomic E-state index is 0. The van der Waals surface area contributed by atoms with Crippen LogP contribution in [0.4, 0.5) is 0 Å². The van der Waals surface area contributed by atoms with Gasteiger partial charge in [-0.2, -0.15) is 0 Å². The third kappa shape index (κ3) is 9.20. The van der Waals surface area contributed by atoms with Gasteiger partial charge in [0.2, 0.25) is 0 Å². The van der Waals surface area contributed by atoms with Crippen LogP contribution < -0.4 is 48.0 Å². The van der Waals surface area contributed by atoms with Crippen LogP contribution in [0.1, 0.15) is 52.4 Å². The minimum atomic E-state index is 0. The molecule has 2 aliphatic heterocycles. The number of hydrogen-bond donors (Lipinski definition) is 0. The van der Waals surface area contributed by atoms with Gasteiger partial charge in [-0.3, -0.25) is 0 Å². The summed E-state index contributed by atoms with van der Waals surface area (Å²) in [6.07, 6.45) is 8.43. The summed E-state index contributed by atoms with van der Waals surface area (Å²) in [6, 6.07) is 0. The lowest BCUT2D eigenvalue weighted by atomic mass is 10.1. The molecule has 2 rings (SSSR count). The van der Waals surface area contributed by atoms with Gasteiger partial charge in [0.1, 0.15) is 13.1 Å². The molecule has 26 heavy (non-hydrogen) atoms. The van der Waals surface area contributed by atoms with E-state index in [1.165, 1.54) is 99.8 Å². The lowest BCUT2D eigenvalue weighted by molar-refractivity contribution is -0.931. The van der Waals surface area contributed by atoms with E-state index in [0.29, 0.717) is 0 Å². The van der Waals surface area contributed by atoms with Crippen molar-refractivity contribution in [1.29, 1.82) is 0 Å². The highest BCUT2D eigenvalue weighted by atomic mass is 127. The molecule has 0 amide bonds. The van der Waals surface area contributed by atoms with Crippen LogP contribution in [0.3, 0.4) is 0 Å². The predicted octanol–water partition coefficient (Wildman–Crippen LogP) is -2.93. The lowest BCUT2D eigenvalue weighted by Crippen LogP contribution is -3.00. The second-order valence-electron chi connectivity index (χ2n) is 8.00. The van der Waals surface area contributed by atoms with Crippen LogP contribution in [0.15, 0.2) is 0 Å². The number of rotatable bonds is 11. The maximum absolute atomic E-state index is 5.86. The van der Waals surface area contributed by atoms with Gasteiger partial charge >= 0.3 is 0 Å². The largest absolute Gasteiger partial charge is 1.00 e. The number of halogens is 2. The van der Waals surface area contributed by atoms with Gasteiger partial charge in [0.15, 0.2) is 0 Å². The Morgan fingerprint density at radius 2 is 0.885 bits per heavy atom. The third-order valence-electron chi connectivity index (χ3n) is 6.66. The van der Waals surface area contributed by atoms with Crippen LogP contribution in [-0.2, 0) is 9.47 Å². The van der Waals surface area contributed by atoms with Gasteiger partial charge in [-0.1, -0.05) is 0 Å². The molecule has 4 nitrogen and oxygen atoms in total. The van der Waals surface area contributed by atoms with Crippen molar-refractivity contribution in [1.82, 2.24) is 0 Å².